The highest BCUT2D eigenvalue weighted by atomic mass is 19.4. The molecule has 2 aromatic rings. The lowest BCUT2D eigenvalue weighted by Gasteiger charge is -2.18. The topological polar surface area (TPSA) is 108 Å². The van der Waals surface area contributed by atoms with Crippen LogP contribution in [0.4, 0.5) is 18.9 Å². The van der Waals surface area contributed by atoms with Gasteiger partial charge in [-0.2, -0.15) is 23.4 Å². The lowest BCUT2D eigenvalue weighted by Crippen LogP contribution is -2.34. The van der Waals surface area contributed by atoms with E-state index in [9.17, 15) is 28.1 Å². The van der Waals surface area contributed by atoms with Crippen molar-refractivity contribution in [2.75, 3.05) is 6.54 Å². The van der Waals surface area contributed by atoms with Crippen molar-refractivity contribution in [2.24, 2.45) is 0 Å². The Labute approximate surface area is 164 Å². The molecular formula is C17H21F3N6O3. The number of carbonyl (C=O) groups excluding carboxylic acids is 1. The van der Waals surface area contributed by atoms with Gasteiger partial charge >= 0.3 is 11.9 Å². The van der Waals surface area contributed by atoms with Crippen LogP contribution in [-0.4, -0.2) is 36.9 Å². The Kier molecular flexibility index (Phi) is 5.89. The van der Waals surface area contributed by atoms with Gasteiger partial charge in [0.1, 0.15) is 18.4 Å². The molecule has 1 N–H and O–H groups in total. The molecule has 0 fully saturated rings. The predicted octanol–water partition coefficient (Wildman–Crippen LogP) is 2.65. The zero-order chi connectivity index (χ0) is 21.2. The fraction of sp³-hybridized carbons (Fsp3) is 0.588. The van der Waals surface area contributed by atoms with Crippen LogP contribution in [0.3, 0.4) is 0 Å². The van der Waals surface area contributed by atoms with Gasteiger partial charge < -0.3 is 5.32 Å². The van der Waals surface area contributed by atoms with E-state index in [1.165, 1.54) is 15.6 Å². The van der Waals surface area contributed by atoms with Crippen molar-refractivity contribution < 1.29 is 22.9 Å². The minimum Gasteiger partial charge on any atom is -0.354 e. The fourth-order valence-electron chi connectivity index (χ4n) is 3.56. The lowest BCUT2D eigenvalue weighted by molar-refractivity contribution is -0.385. The fourth-order valence-corrected chi connectivity index (χ4v) is 3.56. The maximum atomic E-state index is 13.3. The van der Waals surface area contributed by atoms with E-state index in [0.717, 1.165) is 6.20 Å². The van der Waals surface area contributed by atoms with Crippen LogP contribution in [0.25, 0.3) is 0 Å². The number of amides is 1. The van der Waals surface area contributed by atoms with Gasteiger partial charge in [0, 0.05) is 24.3 Å². The first-order valence-electron chi connectivity index (χ1n) is 9.34. The molecule has 0 aromatic carbocycles. The summed E-state index contributed by atoms with van der Waals surface area (Å²) in [4.78, 5) is 22.7. The molecule has 0 radical (unpaired) electrons. The second-order valence-electron chi connectivity index (χ2n) is 6.86. The second-order valence-corrected chi connectivity index (χ2v) is 6.86. The molecule has 0 saturated carbocycles. The molecule has 29 heavy (non-hydrogen) atoms. The lowest BCUT2D eigenvalue weighted by atomic mass is 10.1. The average molecular weight is 414 g/mol. The molecule has 9 nitrogen and oxygen atoms in total. The van der Waals surface area contributed by atoms with Crippen LogP contribution in [0.15, 0.2) is 12.4 Å². The van der Waals surface area contributed by atoms with Crippen molar-refractivity contribution >= 4 is 11.6 Å². The third-order valence-electron chi connectivity index (χ3n) is 4.91. The number of fused-ring (bicyclic) bond motifs is 1. The van der Waals surface area contributed by atoms with Gasteiger partial charge in [-0.25, -0.2) is 0 Å². The number of carbonyl (C=O) groups is 1. The Bertz CT molecular complexity index is 905. The van der Waals surface area contributed by atoms with Crippen LogP contribution >= 0.6 is 0 Å². The van der Waals surface area contributed by atoms with E-state index in [2.05, 4.69) is 15.5 Å². The molecule has 158 valence electrons. The van der Waals surface area contributed by atoms with Gasteiger partial charge in [0.15, 0.2) is 5.69 Å². The number of aromatic nitrogens is 4. The van der Waals surface area contributed by atoms with E-state index in [1.807, 2.05) is 0 Å². The molecule has 0 unspecified atom stereocenters. The summed E-state index contributed by atoms with van der Waals surface area (Å²) in [6.07, 6.45) is 0.0723. The summed E-state index contributed by atoms with van der Waals surface area (Å²) in [6.45, 7) is 2.35. The number of alkyl halides is 3. The number of rotatable bonds is 8. The molecule has 3 rings (SSSR count). The number of nitrogens with zero attached hydrogens (tertiary/aromatic N) is 5. The van der Waals surface area contributed by atoms with Crippen molar-refractivity contribution in [3.05, 3.63) is 39.5 Å². The first-order chi connectivity index (χ1) is 13.7. The van der Waals surface area contributed by atoms with E-state index in [4.69, 9.17) is 0 Å². The third-order valence-corrected chi connectivity index (χ3v) is 4.91. The summed E-state index contributed by atoms with van der Waals surface area (Å²) >= 11 is 0. The van der Waals surface area contributed by atoms with Crippen molar-refractivity contribution in [1.82, 2.24) is 24.9 Å². The third kappa shape index (κ3) is 4.40. The molecule has 0 bridgehead atoms. The molecule has 12 heteroatoms. The maximum Gasteiger partial charge on any atom is 0.435 e. The predicted molar refractivity (Wildman–Crippen MR) is 95.1 cm³/mol. The van der Waals surface area contributed by atoms with Gasteiger partial charge in [-0.1, -0.05) is 6.92 Å². The van der Waals surface area contributed by atoms with Gasteiger partial charge in [0.05, 0.1) is 4.92 Å². The number of nitrogens with one attached hydrogen (secondary N) is 1. The van der Waals surface area contributed by atoms with E-state index >= 15 is 0 Å². The normalized spacial score (nSPS) is 14.6. The van der Waals surface area contributed by atoms with Gasteiger partial charge in [-0.15, -0.1) is 0 Å². The monoisotopic (exact) mass is 414 g/mol. The molecule has 1 aliphatic rings. The highest BCUT2D eigenvalue weighted by Crippen LogP contribution is 2.37. The van der Waals surface area contributed by atoms with E-state index in [0.29, 0.717) is 44.3 Å². The number of hydrogen-bond donors (Lipinski definition) is 1. The molecule has 0 saturated heterocycles. The number of hydrogen-bond acceptors (Lipinski definition) is 5. The Morgan fingerprint density at radius 1 is 1.41 bits per heavy atom. The number of halogens is 3. The minimum atomic E-state index is -4.54. The van der Waals surface area contributed by atoms with Gasteiger partial charge in [0.25, 0.3) is 0 Å². The molecule has 0 aliphatic heterocycles. The number of nitro groups is 1. The summed E-state index contributed by atoms with van der Waals surface area (Å²) in [6, 6.07) is -0.816. The first kappa shape index (κ1) is 20.8. The van der Waals surface area contributed by atoms with Crippen LogP contribution in [0, 0.1) is 10.1 Å². The molecule has 2 aromatic heterocycles. The van der Waals surface area contributed by atoms with E-state index in [-0.39, 0.29) is 17.8 Å². The van der Waals surface area contributed by atoms with Crippen LogP contribution in [0.5, 0.6) is 0 Å². The van der Waals surface area contributed by atoms with Crippen molar-refractivity contribution in [3.63, 3.8) is 0 Å². The Morgan fingerprint density at radius 2 is 2.17 bits per heavy atom. The Hall–Kier alpha value is -2.92. The summed E-state index contributed by atoms with van der Waals surface area (Å²) < 4.78 is 42.4. The Balaban J connectivity index is 1.61. The molecule has 1 atom stereocenters. The zero-order valence-electron chi connectivity index (χ0n) is 15.8. The SMILES string of the molecule is CC[C@H](C(=O)NCCCn1cc([N+](=O)[O-])cn1)n1nc(C(F)(F)F)c2c1CCC2. The molecule has 1 aliphatic carbocycles. The van der Waals surface area contributed by atoms with Crippen molar-refractivity contribution in [3.8, 4) is 0 Å². The maximum absolute atomic E-state index is 13.3. The summed E-state index contributed by atoms with van der Waals surface area (Å²) in [5, 5.41) is 21.0. The smallest absolute Gasteiger partial charge is 0.354 e. The molecule has 2 heterocycles. The van der Waals surface area contributed by atoms with Gasteiger partial charge in [0.2, 0.25) is 5.91 Å². The summed E-state index contributed by atoms with van der Waals surface area (Å²) in [7, 11) is 0. The van der Waals surface area contributed by atoms with Crippen molar-refractivity contribution in [2.45, 2.75) is 57.8 Å². The van der Waals surface area contributed by atoms with Gasteiger partial charge in [-0.3, -0.25) is 24.3 Å². The van der Waals surface area contributed by atoms with Gasteiger partial charge in [-0.05, 0) is 32.1 Å². The standard InChI is InChI=1S/C17H21F3N6O3/c1-2-13(25-14-6-3-5-12(14)15(23-25)17(18,19)20)16(27)21-7-4-8-24-10-11(9-22-24)26(28)29/h9-10,13H,2-8H2,1H3,(H,21,27)/t13-/m1/s1. The first-order valence-corrected chi connectivity index (χ1v) is 9.34. The van der Waals surface area contributed by atoms with Crippen LogP contribution in [0.1, 0.15) is 49.2 Å². The second kappa shape index (κ2) is 8.21. The summed E-state index contributed by atoms with van der Waals surface area (Å²) in [5.74, 6) is -0.398. The Morgan fingerprint density at radius 3 is 2.79 bits per heavy atom. The highest BCUT2D eigenvalue weighted by Gasteiger charge is 2.41. The van der Waals surface area contributed by atoms with E-state index < -0.39 is 28.7 Å². The van der Waals surface area contributed by atoms with Crippen LogP contribution in [-0.2, 0) is 30.4 Å². The van der Waals surface area contributed by atoms with Crippen LogP contribution in [0.2, 0.25) is 0 Å². The minimum absolute atomic E-state index is 0.118. The highest BCUT2D eigenvalue weighted by molar-refractivity contribution is 5.80. The summed E-state index contributed by atoms with van der Waals surface area (Å²) in [5.41, 5.74) is -0.322. The zero-order valence-corrected chi connectivity index (χ0v) is 15.8. The molecular weight excluding hydrogens is 393 g/mol. The largest absolute Gasteiger partial charge is 0.435 e. The van der Waals surface area contributed by atoms with Crippen molar-refractivity contribution in [1.29, 1.82) is 0 Å². The quantitative estimate of drug-likeness (QED) is 0.406. The average Bonchev–Trinajstić information content (AvgIpc) is 3.35. The molecule has 0 spiro atoms. The number of aryl methyl sites for hydroxylation is 1. The van der Waals surface area contributed by atoms with E-state index in [1.54, 1.807) is 6.92 Å². The van der Waals surface area contributed by atoms with Crippen LogP contribution < -0.4 is 5.32 Å². The molecule has 1 amide bonds.